The van der Waals surface area contributed by atoms with E-state index in [4.69, 9.17) is 0 Å². The maximum atomic E-state index is 12.2. The predicted molar refractivity (Wildman–Crippen MR) is 107 cm³/mol. The van der Waals surface area contributed by atoms with Gasteiger partial charge in [0.15, 0.2) is 0 Å². The van der Waals surface area contributed by atoms with E-state index < -0.39 is 29.0 Å². The Morgan fingerprint density at radius 1 is 1.11 bits per heavy atom. The number of hydrogen-bond donors (Lipinski definition) is 4. The normalized spacial score (nSPS) is 34.9. The van der Waals surface area contributed by atoms with Crippen molar-refractivity contribution in [1.82, 2.24) is 4.98 Å². The van der Waals surface area contributed by atoms with Crippen LogP contribution in [-0.2, 0) is 10.2 Å². The van der Waals surface area contributed by atoms with Crippen LogP contribution in [0, 0.1) is 11.3 Å². The molecule has 0 unspecified atom stereocenters. The van der Waals surface area contributed by atoms with Gasteiger partial charge in [-0.2, -0.15) is 0 Å². The van der Waals surface area contributed by atoms with Crippen molar-refractivity contribution in [2.24, 2.45) is 11.3 Å². The molecule has 2 aliphatic carbocycles. The van der Waals surface area contributed by atoms with Crippen LogP contribution in [0.25, 0.3) is 21.8 Å². The van der Waals surface area contributed by atoms with E-state index in [1.54, 1.807) is 6.92 Å². The van der Waals surface area contributed by atoms with E-state index >= 15 is 0 Å². The number of aliphatic hydroxyl groups excluding tert-OH is 2. The van der Waals surface area contributed by atoms with E-state index in [2.05, 4.69) is 24.0 Å². The number of aromatic amines is 1. The molecule has 5 rings (SSSR count). The number of benzene rings is 2. The Balaban J connectivity index is 1.78. The molecule has 4 N–H and O–H groups in total. The first kappa shape index (κ1) is 17.7. The SMILES string of the molecule is C[C@@]1(C(=O)O)[C@@H](O)CC[C@]2(C)c3cc4c(cc3[C@@H](O)C[C@@H]12)[nH]c1ccccc14. The van der Waals surface area contributed by atoms with E-state index in [-0.39, 0.29) is 5.92 Å². The Hall–Kier alpha value is -2.37. The molecular formula is C23H25NO4. The molecule has 0 bridgehead atoms. The maximum absolute atomic E-state index is 12.2. The van der Waals surface area contributed by atoms with Crippen molar-refractivity contribution in [1.29, 1.82) is 0 Å². The van der Waals surface area contributed by atoms with Crippen LogP contribution in [0.1, 0.15) is 50.3 Å². The predicted octanol–water partition coefficient (Wildman–Crippen LogP) is 3.88. The Bertz CT molecular complexity index is 1120. The lowest BCUT2D eigenvalue weighted by Crippen LogP contribution is -2.59. The molecule has 0 aliphatic heterocycles. The smallest absolute Gasteiger partial charge is 0.312 e. The fourth-order valence-corrected chi connectivity index (χ4v) is 5.96. The summed E-state index contributed by atoms with van der Waals surface area (Å²) in [5.74, 6) is -1.33. The third-order valence-electron chi connectivity index (χ3n) is 7.69. The molecule has 1 heterocycles. The molecule has 0 radical (unpaired) electrons. The highest BCUT2D eigenvalue weighted by molar-refractivity contribution is 6.07. The molecule has 28 heavy (non-hydrogen) atoms. The zero-order chi connectivity index (χ0) is 19.8. The molecule has 2 aromatic carbocycles. The summed E-state index contributed by atoms with van der Waals surface area (Å²) in [7, 11) is 0. The summed E-state index contributed by atoms with van der Waals surface area (Å²) in [6.07, 6.45) is -0.164. The third-order valence-corrected chi connectivity index (χ3v) is 7.69. The number of nitrogens with one attached hydrogen (secondary N) is 1. The number of rotatable bonds is 1. The average Bonchev–Trinajstić information content (AvgIpc) is 3.04. The minimum Gasteiger partial charge on any atom is -0.481 e. The van der Waals surface area contributed by atoms with E-state index in [9.17, 15) is 20.1 Å². The summed E-state index contributed by atoms with van der Waals surface area (Å²) in [4.78, 5) is 15.6. The minimum absolute atomic E-state index is 0.341. The Labute approximate surface area is 163 Å². The summed E-state index contributed by atoms with van der Waals surface area (Å²) in [5.41, 5.74) is 2.24. The zero-order valence-electron chi connectivity index (χ0n) is 16.1. The van der Waals surface area contributed by atoms with Crippen LogP contribution in [0.4, 0.5) is 0 Å². The van der Waals surface area contributed by atoms with Crippen LogP contribution in [0.3, 0.4) is 0 Å². The number of carbonyl (C=O) groups is 1. The summed E-state index contributed by atoms with van der Waals surface area (Å²) in [6.45, 7) is 3.75. The minimum atomic E-state index is -1.28. The summed E-state index contributed by atoms with van der Waals surface area (Å²) >= 11 is 0. The molecule has 1 saturated carbocycles. The first-order valence-electron chi connectivity index (χ1n) is 9.91. The highest BCUT2D eigenvalue weighted by atomic mass is 16.4. The first-order valence-corrected chi connectivity index (χ1v) is 9.91. The fraction of sp³-hybridized carbons (Fsp3) is 0.435. The number of para-hydroxylation sites is 1. The quantitative estimate of drug-likeness (QED) is 0.516. The van der Waals surface area contributed by atoms with Crippen molar-refractivity contribution in [3.63, 3.8) is 0 Å². The van der Waals surface area contributed by atoms with Gasteiger partial charge in [-0.3, -0.25) is 4.79 Å². The lowest BCUT2D eigenvalue weighted by atomic mass is 9.48. The third kappa shape index (κ3) is 2.06. The van der Waals surface area contributed by atoms with Gasteiger partial charge in [-0.05, 0) is 66.8 Å². The Morgan fingerprint density at radius 3 is 2.61 bits per heavy atom. The first-order chi connectivity index (χ1) is 13.3. The molecule has 5 atom stereocenters. The van der Waals surface area contributed by atoms with Crippen molar-refractivity contribution in [2.45, 2.75) is 50.7 Å². The number of carboxylic acids is 1. The molecule has 0 saturated heterocycles. The maximum Gasteiger partial charge on any atom is 0.312 e. The molecule has 146 valence electrons. The van der Waals surface area contributed by atoms with Crippen LogP contribution >= 0.6 is 0 Å². The number of H-pyrrole nitrogens is 1. The van der Waals surface area contributed by atoms with Gasteiger partial charge in [0.1, 0.15) is 0 Å². The van der Waals surface area contributed by atoms with Gasteiger partial charge < -0.3 is 20.3 Å². The average molecular weight is 379 g/mol. The van der Waals surface area contributed by atoms with Crippen molar-refractivity contribution in [3.05, 3.63) is 47.5 Å². The van der Waals surface area contributed by atoms with Gasteiger partial charge >= 0.3 is 5.97 Å². The second-order valence-corrected chi connectivity index (χ2v) is 9.02. The molecule has 5 heteroatoms. The summed E-state index contributed by atoms with van der Waals surface area (Å²) in [5, 5.41) is 33.8. The summed E-state index contributed by atoms with van der Waals surface area (Å²) < 4.78 is 0. The molecule has 2 aliphatic rings. The molecule has 0 spiro atoms. The van der Waals surface area contributed by atoms with Gasteiger partial charge in [0.25, 0.3) is 0 Å². The number of aromatic nitrogens is 1. The number of aliphatic hydroxyl groups is 2. The van der Waals surface area contributed by atoms with Gasteiger partial charge in [-0.25, -0.2) is 0 Å². The molecule has 3 aromatic rings. The zero-order valence-corrected chi connectivity index (χ0v) is 16.1. The van der Waals surface area contributed by atoms with Gasteiger partial charge in [0, 0.05) is 21.8 Å². The fourth-order valence-electron chi connectivity index (χ4n) is 5.96. The molecule has 0 amide bonds. The second-order valence-electron chi connectivity index (χ2n) is 9.02. The van der Waals surface area contributed by atoms with E-state index in [1.165, 1.54) is 0 Å². The molecule has 1 fully saturated rings. The van der Waals surface area contributed by atoms with E-state index in [0.29, 0.717) is 19.3 Å². The Morgan fingerprint density at radius 2 is 1.86 bits per heavy atom. The Kier molecular flexibility index (Phi) is 3.53. The van der Waals surface area contributed by atoms with Crippen molar-refractivity contribution in [2.75, 3.05) is 0 Å². The number of carboxylic acid groups (broad SMARTS) is 1. The van der Waals surface area contributed by atoms with E-state index in [0.717, 1.165) is 32.9 Å². The summed E-state index contributed by atoms with van der Waals surface area (Å²) in [6, 6.07) is 12.3. The van der Waals surface area contributed by atoms with Gasteiger partial charge in [0.05, 0.1) is 17.6 Å². The van der Waals surface area contributed by atoms with Crippen molar-refractivity contribution < 1.29 is 20.1 Å². The highest BCUT2D eigenvalue weighted by Crippen LogP contribution is 2.59. The van der Waals surface area contributed by atoms with Gasteiger partial charge in [-0.1, -0.05) is 25.1 Å². The standard InChI is InChI=1S/C23H25NO4/c1-22-8-7-20(26)23(2,21(27)28)19(22)11-18(25)14-10-17-13(9-15(14)22)12-5-3-4-6-16(12)24-17/h3-6,9-10,18-20,24-26H,7-8,11H2,1-2H3,(H,27,28)/t18-,19+,20-,22+,23-/m0/s1. The van der Waals surface area contributed by atoms with Crippen LogP contribution in [0.5, 0.6) is 0 Å². The number of hydrogen-bond acceptors (Lipinski definition) is 3. The van der Waals surface area contributed by atoms with Gasteiger partial charge in [0.2, 0.25) is 0 Å². The number of fused-ring (bicyclic) bond motifs is 6. The molecule has 5 nitrogen and oxygen atoms in total. The molecule has 1 aromatic heterocycles. The number of aliphatic carboxylic acids is 1. The highest BCUT2D eigenvalue weighted by Gasteiger charge is 2.60. The van der Waals surface area contributed by atoms with Crippen molar-refractivity contribution >= 4 is 27.8 Å². The van der Waals surface area contributed by atoms with Crippen LogP contribution in [-0.4, -0.2) is 32.4 Å². The van der Waals surface area contributed by atoms with Crippen LogP contribution in [0.2, 0.25) is 0 Å². The second kappa shape index (κ2) is 5.58. The van der Waals surface area contributed by atoms with E-state index in [1.807, 2.05) is 24.3 Å². The molecular weight excluding hydrogens is 354 g/mol. The topological polar surface area (TPSA) is 93.6 Å². The largest absolute Gasteiger partial charge is 0.481 e. The van der Waals surface area contributed by atoms with Gasteiger partial charge in [-0.15, -0.1) is 0 Å². The lowest BCUT2D eigenvalue weighted by molar-refractivity contribution is -0.174. The van der Waals surface area contributed by atoms with Crippen molar-refractivity contribution in [3.8, 4) is 0 Å². The monoisotopic (exact) mass is 379 g/mol. The lowest BCUT2D eigenvalue weighted by Gasteiger charge is -2.56. The van der Waals surface area contributed by atoms with Crippen LogP contribution < -0.4 is 0 Å². The van der Waals surface area contributed by atoms with Crippen LogP contribution in [0.15, 0.2) is 36.4 Å².